The molecular weight excluding hydrogens is 565 g/mol. The second kappa shape index (κ2) is 12.3. The Morgan fingerprint density at radius 2 is 1.71 bits per heavy atom. The van der Waals surface area contributed by atoms with Gasteiger partial charge in [-0.25, -0.2) is 4.79 Å². The molecule has 13 heteroatoms. The normalized spacial score (nSPS) is 18.8. The largest absolute Gasteiger partial charge is 0.490 e. The minimum atomic E-state index is -5.78. The van der Waals surface area contributed by atoms with E-state index in [9.17, 15) is 31.5 Å². The molecule has 5 rings (SSSR count). The Morgan fingerprint density at radius 3 is 2.43 bits per heavy atom. The van der Waals surface area contributed by atoms with Crippen molar-refractivity contribution < 1.29 is 45.8 Å². The van der Waals surface area contributed by atoms with Gasteiger partial charge in [0, 0.05) is 36.3 Å². The summed E-state index contributed by atoms with van der Waals surface area (Å²) >= 11 is 0. The van der Waals surface area contributed by atoms with E-state index in [1.165, 1.54) is 12.1 Å². The Balaban J connectivity index is 1.26. The van der Waals surface area contributed by atoms with Crippen molar-refractivity contribution in [2.75, 3.05) is 37.7 Å². The van der Waals surface area contributed by atoms with E-state index in [-0.39, 0.29) is 48.1 Å². The van der Waals surface area contributed by atoms with E-state index in [0.29, 0.717) is 38.8 Å². The Bertz CT molecular complexity index is 1280. The number of likely N-dealkylation sites (tertiary alicyclic amines) is 1. The van der Waals surface area contributed by atoms with E-state index in [1.54, 1.807) is 15.9 Å². The zero-order valence-corrected chi connectivity index (χ0v) is 22.8. The predicted molar refractivity (Wildman–Crippen MR) is 142 cm³/mol. The van der Waals surface area contributed by atoms with Gasteiger partial charge in [-0.15, -0.1) is 0 Å². The van der Waals surface area contributed by atoms with Crippen molar-refractivity contribution in [1.82, 2.24) is 10.2 Å². The summed E-state index contributed by atoms with van der Waals surface area (Å²) < 4.78 is 82.0. The number of piperidine rings is 2. The lowest BCUT2D eigenvalue weighted by molar-refractivity contribution is -0.290. The van der Waals surface area contributed by atoms with Gasteiger partial charge in [0.25, 0.3) is 0 Å². The first kappa shape index (κ1) is 29.9. The molecule has 2 amide bonds. The van der Waals surface area contributed by atoms with Crippen molar-refractivity contribution in [2.45, 2.75) is 63.0 Å². The molecule has 0 radical (unpaired) electrons. The molecular formula is C29H32F5N3O5. The van der Waals surface area contributed by atoms with Crippen molar-refractivity contribution in [1.29, 1.82) is 0 Å². The van der Waals surface area contributed by atoms with Crippen molar-refractivity contribution in [3.63, 3.8) is 0 Å². The molecule has 3 heterocycles. The van der Waals surface area contributed by atoms with Gasteiger partial charge >= 0.3 is 18.2 Å². The van der Waals surface area contributed by atoms with Crippen LogP contribution in [0.5, 0.6) is 11.5 Å². The Hall–Kier alpha value is -3.61. The molecule has 0 aliphatic carbocycles. The molecule has 2 aromatic rings. The van der Waals surface area contributed by atoms with Crippen molar-refractivity contribution in [2.24, 2.45) is 0 Å². The summed E-state index contributed by atoms with van der Waals surface area (Å²) in [6.07, 6.45) is -4.24. The van der Waals surface area contributed by atoms with E-state index < -0.39 is 24.8 Å². The lowest BCUT2D eigenvalue weighted by atomic mass is 10.00. The number of cyclic esters (lactones) is 1. The number of para-hydroxylation sites is 1. The monoisotopic (exact) mass is 597 g/mol. The average molecular weight is 598 g/mol. The third kappa shape index (κ3) is 6.71. The Labute approximate surface area is 239 Å². The van der Waals surface area contributed by atoms with Gasteiger partial charge in [-0.05, 0) is 50.9 Å². The number of carbonyl (C=O) groups is 2. The molecule has 1 N–H and O–H groups in total. The van der Waals surface area contributed by atoms with E-state index in [4.69, 9.17) is 14.2 Å². The summed E-state index contributed by atoms with van der Waals surface area (Å²) in [5, 5.41) is 3.19. The van der Waals surface area contributed by atoms with Crippen LogP contribution in [0.4, 0.5) is 32.4 Å². The molecule has 0 atom stereocenters. The van der Waals surface area contributed by atoms with Crippen LogP contribution in [0.1, 0.15) is 36.8 Å². The number of hydrogen-bond acceptors (Lipinski definition) is 6. The molecule has 3 aliphatic heterocycles. The Kier molecular flexibility index (Phi) is 8.76. The average Bonchev–Trinajstić information content (AvgIpc) is 2.97. The zero-order chi connectivity index (χ0) is 29.9. The number of hydrogen-bond donors (Lipinski definition) is 1. The maximum atomic E-state index is 13.7. The SMILES string of the molecule is O=C(Cc1ccc(OC2CCNCC2)cc1OCC(F)(F)C(F)(F)F)N1CCC(N2C(=O)OCc3ccccc32)CC1. The first-order valence-electron chi connectivity index (χ1n) is 13.9. The van der Waals surface area contributed by atoms with Crippen LogP contribution in [0.3, 0.4) is 0 Å². The van der Waals surface area contributed by atoms with E-state index in [0.717, 1.165) is 24.3 Å². The van der Waals surface area contributed by atoms with Gasteiger partial charge in [-0.1, -0.05) is 24.3 Å². The molecule has 2 saturated heterocycles. The Morgan fingerprint density at radius 1 is 1.00 bits per heavy atom. The highest BCUT2D eigenvalue weighted by Gasteiger charge is 2.58. The number of benzene rings is 2. The summed E-state index contributed by atoms with van der Waals surface area (Å²) in [6.45, 7) is 0.404. The molecule has 228 valence electrons. The number of rotatable bonds is 8. The number of alkyl halides is 5. The molecule has 0 aromatic heterocycles. The topological polar surface area (TPSA) is 80.3 Å². The molecule has 42 heavy (non-hydrogen) atoms. The lowest BCUT2D eigenvalue weighted by Crippen LogP contribution is -2.50. The summed E-state index contributed by atoms with van der Waals surface area (Å²) in [5.74, 6) is -5.41. The van der Waals surface area contributed by atoms with Crippen molar-refractivity contribution in [3.8, 4) is 11.5 Å². The van der Waals surface area contributed by atoms with Crippen LogP contribution in [-0.2, 0) is 22.6 Å². The number of ether oxygens (including phenoxy) is 3. The first-order chi connectivity index (χ1) is 20.0. The van der Waals surface area contributed by atoms with Gasteiger partial charge in [0.05, 0.1) is 12.1 Å². The van der Waals surface area contributed by atoms with Gasteiger partial charge < -0.3 is 24.4 Å². The minimum absolute atomic E-state index is 0.145. The molecule has 2 aromatic carbocycles. The second-order valence-electron chi connectivity index (χ2n) is 10.7. The van der Waals surface area contributed by atoms with Crippen molar-refractivity contribution in [3.05, 3.63) is 53.6 Å². The van der Waals surface area contributed by atoms with Crippen LogP contribution < -0.4 is 19.7 Å². The number of nitrogens with one attached hydrogen (secondary N) is 1. The lowest BCUT2D eigenvalue weighted by Gasteiger charge is -2.40. The number of carbonyl (C=O) groups excluding carboxylic acids is 2. The number of nitrogens with zero attached hydrogens (tertiary/aromatic N) is 2. The van der Waals surface area contributed by atoms with Crippen LogP contribution in [0, 0.1) is 0 Å². The fraction of sp³-hybridized carbons (Fsp3) is 0.517. The quantitative estimate of drug-likeness (QED) is 0.428. The molecule has 0 unspecified atom stereocenters. The number of amides is 2. The summed E-state index contributed by atoms with van der Waals surface area (Å²) in [5.41, 5.74) is 1.85. The van der Waals surface area contributed by atoms with Crippen LogP contribution in [0.25, 0.3) is 0 Å². The van der Waals surface area contributed by atoms with E-state index >= 15 is 0 Å². The number of anilines is 1. The number of fused-ring (bicyclic) bond motifs is 1. The van der Waals surface area contributed by atoms with Crippen LogP contribution in [0.2, 0.25) is 0 Å². The van der Waals surface area contributed by atoms with Crippen molar-refractivity contribution >= 4 is 17.7 Å². The van der Waals surface area contributed by atoms with Gasteiger partial charge in [0.1, 0.15) is 24.2 Å². The minimum Gasteiger partial charge on any atom is -0.490 e. The second-order valence-corrected chi connectivity index (χ2v) is 10.7. The van der Waals surface area contributed by atoms with E-state index in [1.807, 2.05) is 24.3 Å². The smallest absolute Gasteiger partial charge is 0.456 e. The molecule has 0 bridgehead atoms. The van der Waals surface area contributed by atoms with E-state index in [2.05, 4.69) is 5.32 Å². The standard InChI is InChI=1S/C29H32F5N3O5/c30-28(31,29(32,33)34)18-41-25-16-23(42-22-7-11-35-12-8-22)6-5-19(25)15-26(38)36-13-9-21(10-14-36)37-24-4-2-1-3-20(24)17-40-27(37)39/h1-6,16,21-22,35H,7-15,17-18H2. The third-order valence-electron chi connectivity index (χ3n) is 7.77. The zero-order valence-electron chi connectivity index (χ0n) is 22.8. The molecule has 0 saturated carbocycles. The van der Waals surface area contributed by atoms with Gasteiger partial charge in [-0.2, -0.15) is 22.0 Å². The fourth-order valence-electron chi connectivity index (χ4n) is 5.41. The maximum Gasteiger partial charge on any atom is 0.456 e. The van der Waals surface area contributed by atoms with Gasteiger partial charge in [0.15, 0.2) is 6.61 Å². The molecule has 8 nitrogen and oxygen atoms in total. The highest BCUT2D eigenvalue weighted by Crippen LogP contribution is 2.37. The molecule has 3 aliphatic rings. The van der Waals surface area contributed by atoms with Gasteiger partial charge in [0.2, 0.25) is 5.91 Å². The first-order valence-corrected chi connectivity index (χ1v) is 13.9. The van der Waals surface area contributed by atoms with Crippen LogP contribution in [-0.4, -0.2) is 73.9 Å². The maximum absolute atomic E-state index is 13.7. The van der Waals surface area contributed by atoms with Gasteiger partial charge in [-0.3, -0.25) is 9.69 Å². The van der Waals surface area contributed by atoms with Crippen LogP contribution in [0.15, 0.2) is 42.5 Å². The summed E-state index contributed by atoms with van der Waals surface area (Å²) in [4.78, 5) is 29.0. The molecule has 0 spiro atoms. The molecule has 2 fully saturated rings. The highest BCUT2D eigenvalue weighted by molar-refractivity contribution is 5.91. The third-order valence-corrected chi connectivity index (χ3v) is 7.77. The summed E-state index contributed by atoms with van der Waals surface area (Å²) in [7, 11) is 0. The number of halogens is 5. The summed E-state index contributed by atoms with van der Waals surface area (Å²) in [6, 6.07) is 11.6. The fourth-order valence-corrected chi connectivity index (χ4v) is 5.41. The van der Waals surface area contributed by atoms with Crippen LogP contribution >= 0.6 is 0 Å². The predicted octanol–water partition coefficient (Wildman–Crippen LogP) is 5.08. The highest BCUT2D eigenvalue weighted by atomic mass is 19.4.